The van der Waals surface area contributed by atoms with Crippen molar-refractivity contribution in [2.45, 2.75) is 24.6 Å². The van der Waals surface area contributed by atoms with Crippen LogP contribution in [0.5, 0.6) is 0 Å². The van der Waals surface area contributed by atoms with Crippen molar-refractivity contribution < 1.29 is 26.3 Å². The fourth-order valence-corrected chi connectivity index (χ4v) is 2.82. The van der Waals surface area contributed by atoms with Crippen molar-refractivity contribution in [1.29, 1.82) is 0 Å². The quantitative estimate of drug-likeness (QED) is 0.807. The van der Waals surface area contributed by atoms with Crippen molar-refractivity contribution >= 4 is 0 Å². The summed E-state index contributed by atoms with van der Waals surface area (Å²) in [5.41, 5.74) is 8.91. The third-order valence-corrected chi connectivity index (χ3v) is 4.17. The summed E-state index contributed by atoms with van der Waals surface area (Å²) in [6, 6.07) is 5.10. The second kappa shape index (κ2) is 6.68. The number of rotatable bonds is 4. The molecule has 0 saturated carbocycles. The summed E-state index contributed by atoms with van der Waals surface area (Å²) in [5, 5.41) is 0. The largest absolute Gasteiger partial charge is 0.419 e. The molecule has 136 valence electrons. The molecule has 0 aliphatic rings. The van der Waals surface area contributed by atoms with E-state index < -0.39 is 40.6 Å². The Morgan fingerprint density at radius 3 is 1.96 bits per heavy atom. The van der Waals surface area contributed by atoms with E-state index in [1.165, 1.54) is 6.92 Å². The van der Waals surface area contributed by atoms with E-state index in [1.54, 1.807) is 0 Å². The molecule has 2 aromatic rings. The molecule has 0 fully saturated rings. The monoisotopic (exact) mass is 362 g/mol. The van der Waals surface area contributed by atoms with Gasteiger partial charge in [0.15, 0.2) is 0 Å². The number of halogens is 6. The van der Waals surface area contributed by atoms with E-state index in [4.69, 9.17) is 11.5 Å². The minimum Gasteiger partial charge on any atom is -0.330 e. The van der Waals surface area contributed by atoms with Gasteiger partial charge in [-0.05, 0) is 30.7 Å². The minimum absolute atomic E-state index is 0.0790. The summed E-state index contributed by atoms with van der Waals surface area (Å²) in [4.78, 5) is 0. The van der Waals surface area contributed by atoms with Gasteiger partial charge in [-0.2, -0.15) is 13.2 Å². The molecule has 25 heavy (non-hydrogen) atoms. The Labute approximate surface area is 140 Å². The zero-order chi connectivity index (χ0) is 19.0. The van der Waals surface area contributed by atoms with E-state index in [-0.39, 0.29) is 17.7 Å². The first-order valence-electron chi connectivity index (χ1n) is 7.29. The Morgan fingerprint density at radius 2 is 1.48 bits per heavy atom. The smallest absolute Gasteiger partial charge is 0.330 e. The van der Waals surface area contributed by atoms with Gasteiger partial charge in [0.05, 0.1) is 5.56 Å². The van der Waals surface area contributed by atoms with Crippen LogP contribution in [0.1, 0.15) is 29.5 Å². The van der Waals surface area contributed by atoms with Crippen LogP contribution in [0.3, 0.4) is 0 Å². The zero-order valence-corrected chi connectivity index (χ0v) is 13.2. The number of benzene rings is 2. The fraction of sp³-hybridized carbons (Fsp3) is 0.294. The first kappa shape index (κ1) is 19.3. The summed E-state index contributed by atoms with van der Waals surface area (Å²) in [6.07, 6.45) is -4.84. The fourth-order valence-electron chi connectivity index (χ4n) is 2.82. The third-order valence-electron chi connectivity index (χ3n) is 4.17. The molecule has 0 heterocycles. The highest BCUT2D eigenvalue weighted by molar-refractivity contribution is 5.36. The molecule has 0 aliphatic carbocycles. The highest BCUT2D eigenvalue weighted by Crippen LogP contribution is 2.38. The summed E-state index contributed by atoms with van der Waals surface area (Å²) in [6.45, 7) is 1.21. The molecule has 2 atom stereocenters. The van der Waals surface area contributed by atoms with Gasteiger partial charge in [0.2, 0.25) is 0 Å². The van der Waals surface area contributed by atoms with Crippen LogP contribution in [0.2, 0.25) is 0 Å². The second-order valence-corrected chi connectivity index (χ2v) is 5.93. The average Bonchev–Trinajstić information content (AvgIpc) is 2.45. The van der Waals surface area contributed by atoms with Crippen molar-refractivity contribution in [1.82, 2.24) is 0 Å². The summed E-state index contributed by atoms with van der Waals surface area (Å²) in [5.74, 6) is -4.10. The predicted octanol–water partition coefficient (Wildman–Crippen LogP) is 4.04. The Balaban J connectivity index is 2.50. The Hall–Kier alpha value is -2.06. The summed E-state index contributed by atoms with van der Waals surface area (Å²) in [7, 11) is 0. The molecular weight excluding hydrogens is 346 g/mol. The Kier molecular flexibility index (Phi) is 5.15. The van der Waals surface area contributed by atoms with Crippen LogP contribution < -0.4 is 11.5 Å². The van der Waals surface area contributed by atoms with Crippen molar-refractivity contribution in [3.05, 3.63) is 70.5 Å². The topological polar surface area (TPSA) is 52.0 Å². The van der Waals surface area contributed by atoms with Gasteiger partial charge in [-0.3, -0.25) is 0 Å². The Morgan fingerprint density at radius 1 is 0.920 bits per heavy atom. The molecular formula is C17H16F6N2. The molecule has 0 amide bonds. The van der Waals surface area contributed by atoms with Gasteiger partial charge >= 0.3 is 6.18 Å². The summed E-state index contributed by atoms with van der Waals surface area (Å²) < 4.78 is 79.0. The lowest BCUT2D eigenvalue weighted by Crippen LogP contribution is -2.43. The Bertz CT molecular complexity index is 770. The highest BCUT2D eigenvalue weighted by atomic mass is 19.4. The van der Waals surface area contributed by atoms with E-state index in [9.17, 15) is 26.3 Å². The third kappa shape index (κ3) is 3.80. The van der Waals surface area contributed by atoms with Crippen molar-refractivity contribution in [2.24, 2.45) is 11.5 Å². The number of hydrogen-bond donors (Lipinski definition) is 2. The molecule has 2 aromatic carbocycles. The maximum absolute atomic E-state index is 14.1. The van der Waals surface area contributed by atoms with Crippen LogP contribution in [0.4, 0.5) is 26.3 Å². The summed E-state index contributed by atoms with van der Waals surface area (Å²) >= 11 is 0. The van der Waals surface area contributed by atoms with Crippen LogP contribution in [0, 0.1) is 17.5 Å². The normalized spacial score (nSPS) is 15.7. The van der Waals surface area contributed by atoms with Crippen LogP contribution in [-0.4, -0.2) is 6.54 Å². The SMILES string of the molecule is CC(N)(c1ccc(F)cc1F)C(CN)c1ccc(C(F)(F)F)c(F)c1. The van der Waals surface area contributed by atoms with Gasteiger partial charge in [-0.15, -0.1) is 0 Å². The van der Waals surface area contributed by atoms with Crippen LogP contribution >= 0.6 is 0 Å². The first-order valence-corrected chi connectivity index (χ1v) is 7.29. The van der Waals surface area contributed by atoms with Crippen molar-refractivity contribution in [3.8, 4) is 0 Å². The molecule has 2 nitrogen and oxygen atoms in total. The van der Waals surface area contributed by atoms with E-state index in [0.29, 0.717) is 18.2 Å². The molecule has 8 heteroatoms. The van der Waals surface area contributed by atoms with Gasteiger partial charge < -0.3 is 11.5 Å². The first-order chi connectivity index (χ1) is 11.5. The molecule has 0 aliphatic heterocycles. The van der Waals surface area contributed by atoms with Gasteiger partial charge in [-0.25, -0.2) is 13.2 Å². The highest BCUT2D eigenvalue weighted by Gasteiger charge is 2.37. The molecule has 0 radical (unpaired) electrons. The van der Waals surface area contributed by atoms with E-state index in [1.807, 2.05) is 0 Å². The molecule has 0 spiro atoms. The zero-order valence-electron chi connectivity index (χ0n) is 13.2. The lowest BCUT2D eigenvalue weighted by molar-refractivity contribution is -0.140. The molecule has 4 N–H and O–H groups in total. The van der Waals surface area contributed by atoms with Gasteiger partial charge in [0.1, 0.15) is 17.5 Å². The number of hydrogen-bond acceptors (Lipinski definition) is 2. The molecule has 0 aromatic heterocycles. The average molecular weight is 362 g/mol. The van der Waals surface area contributed by atoms with Gasteiger partial charge in [0, 0.05) is 29.6 Å². The second-order valence-electron chi connectivity index (χ2n) is 5.93. The molecule has 2 rings (SSSR count). The van der Waals surface area contributed by atoms with E-state index >= 15 is 0 Å². The van der Waals surface area contributed by atoms with Gasteiger partial charge in [0.25, 0.3) is 0 Å². The van der Waals surface area contributed by atoms with Crippen LogP contribution in [0.25, 0.3) is 0 Å². The number of alkyl halides is 3. The van der Waals surface area contributed by atoms with Crippen molar-refractivity contribution in [3.63, 3.8) is 0 Å². The van der Waals surface area contributed by atoms with Gasteiger partial charge in [-0.1, -0.05) is 12.1 Å². The van der Waals surface area contributed by atoms with Crippen LogP contribution in [0.15, 0.2) is 36.4 Å². The van der Waals surface area contributed by atoms with E-state index in [0.717, 1.165) is 18.2 Å². The maximum atomic E-state index is 14.1. The lowest BCUT2D eigenvalue weighted by atomic mass is 9.76. The molecule has 0 bridgehead atoms. The molecule has 0 saturated heterocycles. The van der Waals surface area contributed by atoms with Crippen LogP contribution in [-0.2, 0) is 11.7 Å². The minimum atomic E-state index is -4.84. The lowest BCUT2D eigenvalue weighted by Gasteiger charge is -2.35. The molecule has 2 unspecified atom stereocenters. The van der Waals surface area contributed by atoms with E-state index in [2.05, 4.69) is 0 Å². The predicted molar refractivity (Wildman–Crippen MR) is 81.1 cm³/mol. The number of nitrogens with two attached hydrogens (primary N) is 2. The maximum Gasteiger partial charge on any atom is 0.419 e. The standard InChI is InChI=1S/C17H16F6N2/c1-16(25,11-5-3-10(18)7-15(11)20)13(8-24)9-2-4-12(14(19)6-9)17(21,22)23/h2-7,13H,8,24-25H2,1H3. The van der Waals surface area contributed by atoms with Crippen molar-refractivity contribution in [2.75, 3.05) is 6.54 Å².